The normalized spacial score (nSPS) is 15.9. The first-order chi connectivity index (χ1) is 17.1. The lowest BCUT2D eigenvalue weighted by Gasteiger charge is -2.22. The second kappa shape index (κ2) is 12.6. The van der Waals surface area contributed by atoms with Crippen LogP contribution >= 0.6 is 23.7 Å². The number of carbonyl (C=O) groups excluding carboxylic acids is 1. The van der Waals surface area contributed by atoms with E-state index in [0.717, 1.165) is 41.6 Å². The summed E-state index contributed by atoms with van der Waals surface area (Å²) in [6.45, 7) is 4.38. The quantitative estimate of drug-likeness (QED) is 0.361. The van der Waals surface area contributed by atoms with Crippen LogP contribution < -0.4 is 4.90 Å². The van der Waals surface area contributed by atoms with Gasteiger partial charge < -0.3 is 9.64 Å². The number of aryl methyl sites for hydroxylation is 1. The van der Waals surface area contributed by atoms with E-state index in [-0.39, 0.29) is 29.3 Å². The van der Waals surface area contributed by atoms with Crippen LogP contribution in [0.25, 0.3) is 10.2 Å². The fraction of sp³-hybridized carbons (Fsp3) is 0.462. The molecule has 0 spiro atoms. The van der Waals surface area contributed by atoms with Crippen LogP contribution in [0.15, 0.2) is 47.4 Å². The summed E-state index contributed by atoms with van der Waals surface area (Å²) in [5.41, 5.74) is 2.43. The Balaban J connectivity index is 0.00000380. The van der Waals surface area contributed by atoms with Crippen molar-refractivity contribution in [2.75, 3.05) is 52.3 Å². The van der Waals surface area contributed by atoms with Crippen molar-refractivity contribution in [3.63, 3.8) is 0 Å². The molecule has 37 heavy (non-hydrogen) atoms. The molecule has 0 N–H and O–H groups in total. The third-order valence-corrected chi connectivity index (χ3v) is 9.17. The van der Waals surface area contributed by atoms with Gasteiger partial charge in [0.2, 0.25) is 10.0 Å². The second-order valence-electron chi connectivity index (χ2n) is 9.53. The monoisotopic (exact) mass is 566 g/mol. The van der Waals surface area contributed by atoms with Crippen molar-refractivity contribution >= 4 is 55.0 Å². The van der Waals surface area contributed by atoms with Crippen LogP contribution in [-0.2, 0) is 14.8 Å². The maximum absolute atomic E-state index is 13.6. The summed E-state index contributed by atoms with van der Waals surface area (Å²) < 4.78 is 34.0. The van der Waals surface area contributed by atoms with Gasteiger partial charge in [0, 0.05) is 32.3 Å². The van der Waals surface area contributed by atoms with Crippen LogP contribution in [-0.4, -0.2) is 82.0 Å². The summed E-state index contributed by atoms with van der Waals surface area (Å²) in [7, 11) is 1.90. The van der Waals surface area contributed by atoms with Gasteiger partial charge in [0.1, 0.15) is 0 Å². The predicted octanol–water partition coefficient (Wildman–Crippen LogP) is 4.42. The number of sulfonamides is 1. The molecule has 1 unspecified atom stereocenters. The molecule has 1 aliphatic rings. The Labute approximate surface area is 229 Å². The van der Waals surface area contributed by atoms with E-state index in [1.54, 1.807) is 24.1 Å². The molecule has 4 rings (SSSR count). The van der Waals surface area contributed by atoms with E-state index < -0.39 is 10.0 Å². The van der Waals surface area contributed by atoms with Crippen LogP contribution in [0.1, 0.15) is 35.2 Å². The van der Waals surface area contributed by atoms with Crippen molar-refractivity contribution in [2.24, 2.45) is 0 Å². The van der Waals surface area contributed by atoms with E-state index in [0.29, 0.717) is 30.4 Å². The van der Waals surface area contributed by atoms with Gasteiger partial charge in [-0.1, -0.05) is 17.4 Å². The number of halogens is 1. The predicted molar refractivity (Wildman–Crippen MR) is 152 cm³/mol. The maximum atomic E-state index is 13.6. The Morgan fingerprint density at radius 2 is 1.84 bits per heavy atom. The number of anilines is 1. The van der Waals surface area contributed by atoms with Gasteiger partial charge in [-0.3, -0.25) is 9.69 Å². The Morgan fingerprint density at radius 3 is 2.49 bits per heavy atom. The van der Waals surface area contributed by atoms with Gasteiger partial charge in [0.15, 0.2) is 5.13 Å². The van der Waals surface area contributed by atoms with Gasteiger partial charge in [0.25, 0.3) is 5.91 Å². The van der Waals surface area contributed by atoms with Crippen molar-refractivity contribution in [3.05, 3.63) is 53.6 Å². The average molecular weight is 567 g/mol. The van der Waals surface area contributed by atoms with Gasteiger partial charge in [-0.25, -0.2) is 13.4 Å². The summed E-state index contributed by atoms with van der Waals surface area (Å²) in [6.07, 6.45) is 2.53. The molecule has 11 heteroatoms. The number of amides is 1. The van der Waals surface area contributed by atoms with Crippen molar-refractivity contribution in [3.8, 4) is 0 Å². The lowest BCUT2D eigenvalue weighted by molar-refractivity contribution is 0.0978. The Morgan fingerprint density at radius 1 is 1.11 bits per heavy atom. The third-order valence-electron chi connectivity index (χ3n) is 6.29. The minimum Gasteiger partial charge on any atom is -0.377 e. The zero-order valence-corrected chi connectivity index (χ0v) is 24.2. The van der Waals surface area contributed by atoms with Crippen LogP contribution in [0.5, 0.6) is 0 Å². The number of carbonyl (C=O) groups is 1. The number of fused-ring (bicyclic) bond motifs is 1. The molecule has 1 fully saturated rings. The molecule has 1 atom stereocenters. The molecule has 2 aromatic carbocycles. The molecular formula is C26H35ClN4O4S2. The van der Waals surface area contributed by atoms with Crippen molar-refractivity contribution in [1.82, 2.24) is 14.2 Å². The fourth-order valence-electron chi connectivity index (χ4n) is 4.24. The first-order valence-electron chi connectivity index (χ1n) is 12.2. The molecule has 1 amide bonds. The van der Waals surface area contributed by atoms with Crippen molar-refractivity contribution in [2.45, 2.75) is 37.2 Å². The highest BCUT2D eigenvalue weighted by Crippen LogP contribution is 2.31. The molecule has 202 valence electrons. The molecule has 0 bridgehead atoms. The molecule has 1 aliphatic heterocycles. The zero-order valence-electron chi connectivity index (χ0n) is 21.7. The van der Waals surface area contributed by atoms with E-state index >= 15 is 0 Å². The smallest absolute Gasteiger partial charge is 0.260 e. The highest BCUT2D eigenvalue weighted by molar-refractivity contribution is 7.89. The van der Waals surface area contributed by atoms with Gasteiger partial charge in [-0.2, -0.15) is 4.31 Å². The number of thiazole rings is 1. The van der Waals surface area contributed by atoms with E-state index in [1.165, 1.54) is 27.8 Å². The highest BCUT2D eigenvalue weighted by Gasteiger charge is 2.27. The second-order valence-corrected chi connectivity index (χ2v) is 12.6. The molecule has 3 aromatic rings. The standard InChI is InChI=1S/C26H34N4O4S2.ClH/c1-19-8-13-23-24(17-19)35-26(27-23)30(15-6-14-28(2)3)25(31)20-9-11-22(12-10-20)36(32,33)29(4)18-21-7-5-16-34-21;/h8-13,17,21H,5-7,14-16,18H2,1-4H3;1H. The summed E-state index contributed by atoms with van der Waals surface area (Å²) in [4.78, 5) is 22.3. The van der Waals surface area contributed by atoms with Gasteiger partial charge >= 0.3 is 0 Å². The topological polar surface area (TPSA) is 83.1 Å². The van der Waals surface area contributed by atoms with Gasteiger partial charge in [-0.05, 0) is 88.8 Å². The summed E-state index contributed by atoms with van der Waals surface area (Å²) in [5, 5.41) is 0.646. The van der Waals surface area contributed by atoms with Crippen molar-refractivity contribution < 1.29 is 17.9 Å². The molecule has 0 aliphatic carbocycles. The largest absolute Gasteiger partial charge is 0.377 e. The minimum absolute atomic E-state index is 0. The number of aromatic nitrogens is 1. The molecule has 0 saturated carbocycles. The minimum atomic E-state index is -3.67. The van der Waals surface area contributed by atoms with Crippen LogP contribution in [0, 0.1) is 6.92 Å². The molecule has 1 aromatic heterocycles. The lowest BCUT2D eigenvalue weighted by atomic mass is 10.2. The summed E-state index contributed by atoms with van der Waals surface area (Å²) in [5.74, 6) is -0.193. The van der Waals surface area contributed by atoms with Gasteiger partial charge in [-0.15, -0.1) is 12.4 Å². The Bertz CT molecular complexity index is 1310. The van der Waals surface area contributed by atoms with E-state index in [4.69, 9.17) is 9.72 Å². The molecular weight excluding hydrogens is 532 g/mol. The molecule has 1 saturated heterocycles. The lowest BCUT2D eigenvalue weighted by Crippen LogP contribution is -2.34. The zero-order chi connectivity index (χ0) is 25.9. The maximum Gasteiger partial charge on any atom is 0.260 e. The third kappa shape index (κ3) is 7.07. The van der Waals surface area contributed by atoms with E-state index in [1.807, 2.05) is 33.2 Å². The number of hydrogen-bond donors (Lipinski definition) is 0. The number of rotatable bonds is 10. The number of nitrogens with zero attached hydrogens (tertiary/aromatic N) is 4. The summed E-state index contributed by atoms with van der Waals surface area (Å²) >= 11 is 1.49. The Kier molecular flexibility index (Phi) is 10.1. The number of likely N-dealkylation sites (N-methyl/N-ethyl adjacent to an activating group) is 1. The van der Waals surface area contributed by atoms with Crippen LogP contribution in [0.3, 0.4) is 0 Å². The SMILES string of the molecule is Cc1ccc2nc(N(CCCN(C)C)C(=O)c3ccc(S(=O)(=O)N(C)CC4CCCO4)cc3)sc2c1.Cl. The molecule has 0 radical (unpaired) electrons. The first kappa shape index (κ1) is 29.5. The van der Waals surface area contributed by atoms with Crippen molar-refractivity contribution in [1.29, 1.82) is 0 Å². The van der Waals surface area contributed by atoms with Crippen LogP contribution in [0.4, 0.5) is 5.13 Å². The highest BCUT2D eigenvalue weighted by atomic mass is 35.5. The molecule has 2 heterocycles. The summed E-state index contributed by atoms with van der Waals surface area (Å²) in [6, 6.07) is 12.3. The number of benzene rings is 2. The fourth-order valence-corrected chi connectivity index (χ4v) is 6.53. The van der Waals surface area contributed by atoms with E-state index in [9.17, 15) is 13.2 Å². The van der Waals surface area contributed by atoms with Gasteiger partial charge in [0.05, 0.1) is 21.2 Å². The van der Waals surface area contributed by atoms with E-state index in [2.05, 4.69) is 11.0 Å². The average Bonchev–Trinajstić information content (AvgIpc) is 3.50. The molecule has 8 nitrogen and oxygen atoms in total. The Hall–Kier alpha value is -2.08. The number of ether oxygens (including phenoxy) is 1. The van der Waals surface area contributed by atoms with Crippen LogP contribution in [0.2, 0.25) is 0 Å². The number of hydrogen-bond acceptors (Lipinski definition) is 7. The first-order valence-corrected chi connectivity index (χ1v) is 14.4.